The standard InChI is InChI=1S/C25H26/c1-2-4-8-20-12-16-22(17-13-20)24-10-6-7-11-25(24)23-18-14-21(15-19-23)9-5-3-1/h6-7,10-19H,1-5,8-9H2. The van der Waals surface area contributed by atoms with E-state index in [-0.39, 0.29) is 0 Å². The Hall–Kier alpha value is -2.34. The fourth-order valence-electron chi connectivity index (χ4n) is 3.88. The Morgan fingerprint density at radius 2 is 0.800 bits per heavy atom. The Morgan fingerprint density at radius 3 is 1.24 bits per heavy atom. The topological polar surface area (TPSA) is 0 Å². The maximum absolute atomic E-state index is 2.31. The molecule has 126 valence electrons. The van der Waals surface area contributed by atoms with Crippen LogP contribution in [0.25, 0.3) is 22.3 Å². The summed E-state index contributed by atoms with van der Waals surface area (Å²) in [4.78, 5) is 0. The van der Waals surface area contributed by atoms with Gasteiger partial charge >= 0.3 is 0 Å². The first-order valence-corrected chi connectivity index (χ1v) is 9.68. The molecule has 0 atom stereocenters. The van der Waals surface area contributed by atoms with Crippen LogP contribution >= 0.6 is 0 Å². The van der Waals surface area contributed by atoms with Crippen molar-refractivity contribution in [1.82, 2.24) is 0 Å². The van der Waals surface area contributed by atoms with E-state index in [1.54, 1.807) is 0 Å². The van der Waals surface area contributed by atoms with Gasteiger partial charge < -0.3 is 0 Å². The summed E-state index contributed by atoms with van der Waals surface area (Å²) < 4.78 is 0. The van der Waals surface area contributed by atoms with Gasteiger partial charge in [0.2, 0.25) is 0 Å². The van der Waals surface area contributed by atoms with E-state index < -0.39 is 0 Å². The van der Waals surface area contributed by atoms with Gasteiger partial charge in [0.25, 0.3) is 0 Å². The zero-order valence-electron chi connectivity index (χ0n) is 14.9. The monoisotopic (exact) mass is 326 g/mol. The van der Waals surface area contributed by atoms with Crippen LogP contribution in [0.4, 0.5) is 0 Å². The van der Waals surface area contributed by atoms with Crippen LogP contribution in [0.3, 0.4) is 0 Å². The van der Waals surface area contributed by atoms with Gasteiger partial charge in [-0.25, -0.2) is 0 Å². The minimum atomic E-state index is 1.21. The molecule has 0 saturated heterocycles. The zero-order chi connectivity index (χ0) is 16.9. The van der Waals surface area contributed by atoms with E-state index in [4.69, 9.17) is 0 Å². The molecule has 6 rings (SSSR count). The van der Waals surface area contributed by atoms with Crippen molar-refractivity contribution in [2.45, 2.75) is 44.9 Å². The summed E-state index contributed by atoms with van der Waals surface area (Å²) in [6, 6.07) is 27.2. The summed E-state index contributed by atoms with van der Waals surface area (Å²) in [5, 5.41) is 0. The second kappa shape index (κ2) is 7.70. The number of rotatable bonds is 0. The van der Waals surface area contributed by atoms with Crippen LogP contribution in [-0.4, -0.2) is 0 Å². The summed E-state index contributed by atoms with van der Waals surface area (Å²) >= 11 is 0. The van der Waals surface area contributed by atoms with Crippen molar-refractivity contribution in [3.8, 4) is 22.3 Å². The minimum absolute atomic E-state index is 1.21. The third-order valence-electron chi connectivity index (χ3n) is 5.39. The average Bonchev–Trinajstić information content (AvgIpc) is 2.68. The highest BCUT2D eigenvalue weighted by Gasteiger charge is 2.08. The molecule has 3 aromatic rings. The van der Waals surface area contributed by atoms with Crippen molar-refractivity contribution in [2.75, 3.05) is 0 Å². The highest BCUT2D eigenvalue weighted by molar-refractivity contribution is 5.83. The smallest absolute Gasteiger partial charge is 0.0105 e. The van der Waals surface area contributed by atoms with Crippen LogP contribution in [0.2, 0.25) is 0 Å². The first kappa shape index (κ1) is 16.1. The zero-order valence-corrected chi connectivity index (χ0v) is 14.9. The predicted octanol–water partition coefficient (Wildman–Crippen LogP) is 7.07. The molecule has 0 radical (unpaired) electrons. The third kappa shape index (κ3) is 3.85. The average molecular weight is 326 g/mol. The highest BCUT2D eigenvalue weighted by Crippen LogP contribution is 2.32. The molecule has 25 heavy (non-hydrogen) atoms. The van der Waals surface area contributed by atoms with Gasteiger partial charge in [-0.3, -0.25) is 0 Å². The quantitative estimate of drug-likeness (QED) is 0.414. The van der Waals surface area contributed by atoms with Gasteiger partial charge in [-0.15, -0.1) is 0 Å². The lowest BCUT2D eigenvalue weighted by atomic mass is 9.93. The fourth-order valence-corrected chi connectivity index (χ4v) is 3.88. The Labute approximate surface area is 151 Å². The van der Waals surface area contributed by atoms with Crippen LogP contribution in [0, 0.1) is 0 Å². The summed E-state index contributed by atoms with van der Waals surface area (Å²) in [6.07, 6.45) is 9.10. The van der Waals surface area contributed by atoms with Gasteiger partial charge in [0.1, 0.15) is 0 Å². The molecule has 3 aromatic carbocycles. The Bertz CT molecular complexity index is 739. The largest absolute Gasteiger partial charge is 0.0616 e. The van der Waals surface area contributed by atoms with Crippen molar-refractivity contribution in [1.29, 1.82) is 0 Å². The van der Waals surface area contributed by atoms with Gasteiger partial charge in [0.05, 0.1) is 0 Å². The number of benzene rings is 3. The molecule has 0 saturated carbocycles. The van der Waals surface area contributed by atoms with Crippen LogP contribution < -0.4 is 0 Å². The Kier molecular flexibility index (Phi) is 4.97. The van der Waals surface area contributed by atoms with E-state index >= 15 is 0 Å². The molecule has 0 spiro atoms. The molecule has 0 aromatic heterocycles. The van der Waals surface area contributed by atoms with Crippen molar-refractivity contribution in [3.05, 3.63) is 83.9 Å². The molecule has 0 heterocycles. The predicted molar refractivity (Wildman–Crippen MR) is 108 cm³/mol. The van der Waals surface area contributed by atoms with Crippen molar-refractivity contribution in [3.63, 3.8) is 0 Å². The van der Waals surface area contributed by atoms with E-state index in [0.717, 1.165) is 0 Å². The molecule has 4 bridgehead atoms. The third-order valence-corrected chi connectivity index (χ3v) is 5.39. The van der Waals surface area contributed by atoms with Gasteiger partial charge in [0.15, 0.2) is 0 Å². The van der Waals surface area contributed by atoms with Gasteiger partial charge in [0, 0.05) is 0 Å². The lowest BCUT2D eigenvalue weighted by Crippen LogP contribution is -1.88. The van der Waals surface area contributed by atoms with E-state index in [1.807, 2.05) is 0 Å². The molecule has 0 amide bonds. The first-order valence-electron chi connectivity index (χ1n) is 9.68. The molecule has 0 nitrogen and oxygen atoms in total. The van der Waals surface area contributed by atoms with Crippen LogP contribution in [0.15, 0.2) is 72.8 Å². The summed E-state index contributed by atoms with van der Waals surface area (Å²) in [6.45, 7) is 0. The summed E-state index contributed by atoms with van der Waals surface area (Å²) in [5.41, 5.74) is 8.21. The molecule has 0 heteroatoms. The molecular formula is C25H26. The van der Waals surface area contributed by atoms with Crippen molar-refractivity contribution < 1.29 is 0 Å². The van der Waals surface area contributed by atoms with E-state index in [2.05, 4.69) is 72.8 Å². The Balaban J connectivity index is 1.75. The van der Waals surface area contributed by atoms with Crippen LogP contribution in [-0.2, 0) is 12.8 Å². The normalized spacial score (nSPS) is 14.9. The minimum Gasteiger partial charge on any atom is -0.0616 e. The summed E-state index contributed by atoms with van der Waals surface area (Å²) in [5.74, 6) is 0. The van der Waals surface area contributed by atoms with Gasteiger partial charge in [-0.2, -0.15) is 0 Å². The van der Waals surface area contributed by atoms with Crippen LogP contribution in [0.5, 0.6) is 0 Å². The second-order valence-corrected chi connectivity index (χ2v) is 7.21. The number of hydrogen-bond acceptors (Lipinski definition) is 0. The van der Waals surface area contributed by atoms with E-state index in [1.165, 1.54) is 78.3 Å². The van der Waals surface area contributed by atoms with E-state index in [9.17, 15) is 0 Å². The van der Waals surface area contributed by atoms with Gasteiger partial charge in [-0.1, -0.05) is 92.1 Å². The van der Waals surface area contributed by atoms with Crippen LogP contribution in [0.1, 0.15) is 43.2 Å². The highest BCUT2D eigenvalue weighted by atomic mass is 14.1. The molecule has 0 N–H and O–H groups in total. The lowest BCUT2D eigenvalue weighted by molar-refractivity contribution is 0.613. The second-order valence-electron chi connectivity index (χ2n) is 7.21. The molecule has 3 aliphatic carbocycles. The molecule has 3 aliphatic rings. The lowest BCUT2D eigenvalue weighted by Gasteiger charge is -2.11. The molecular weight excluding hydrogens is 300 g/mol. The Morgan fingerprint density at radius 1 is 0.400 bits per heavy atom. The van der Waals surface area contributed by atoms with E-state index in [0.29, 0.717) is 0 Å². The maximum atomic E-state index is 2.31. The number of hydrogen-bond donors (Lipinski definition) is 0. The maximum Gasteiger partial charge on any atom is -0.0105 e. The molecule has 0 aliphatic heterocycles. The molecule has 0 unspecified atom stereocenters. The first-order chi connectivity index (χ1) is 12.4. The summed E-state index contributed by atoms with van der Waals surface area (Å²) in [7, 11) is 0. The van der Waals surface area contributed by atoms with Gasteiger partial charge in [-0.05, 0) is 59.1 Å². The fraction of sp³-hybridized carbons (Fsp3) is 0.280. The molecule has 0 fully saturated rings. The SMILES string of the molecule is c1ccc2c(c1)-c1ccc(cc1)CCCCCCCc1ccc-2cc1. The number of fused-ring (bicyclic) bond motifs is 2. The number of aryl methyl sites for hydroxylation is 2. The van der Waals surface area contributed by atoms with Crippen molar-refractivity contribution in [2.24, 2.45) is 0 Å². The van der Waals surface area contributed by atoms with Crippen molar-refractivity contribution >= 4 is 0 Å².